The van der Waals surface area contributed by atoms with Crippen LogP contribution < -0.4 is 11.6 Å². The number of hydrogen-bond acceptors (Lipinski definition) is 4. The molecule has 4 nitrogen and oxygen atoms in total. The second-order valence-electron chi connectivity index (χ2n) is 3.03. The Labute approximate surface area is 80.2 Å². The van der Waals surface area contributed by atoms with Crippen LogP contribution in [0.1, 0.15) is 32.6 Å². The molecule has 0 saturated heterocycles. The SMILES string of the molecule is CCCCCN(N)/C(=C\N)CCO. The second-order valence-corrected chi connectivity index (χ2v) is 3.03. The Morgan fingerprint density at radius 3 is 2.62 bits per heavy atom. The van der Waals surface area contributed by atoms with Gasteiger partial charge in [-0.05, 0) is 6.42 Å². The van der Waals surface area contributed by atoms with Crippen LogP contribution in [0.25, 0.3) is 0 Å². The molecule has 0 aromatic carbocycles. The summed E-state index contributed by atoms with van der Waals surface area (Å²) in [7, 11) is 0. The van der Waals surface area contributed by atoms with Crippen LogP contribution in [0, 0.1) is 0 Å². The fraction of sp³-hybridized carbons (Fsp3) is 0.778. The highest BCUT2D eigenvalue weighted by atomic mass is 16.3. The molecule has 0 amide bonds. The Hall–Kier alpha value is -0.740. The second kappa shape index (κ2) is 7.89. The first-order valence-electron chi connectivity index (χ1n) is 4.80. The molecule has 4 heteroatoms. The van der Waals surface area contributed by atoms with E-state index in [1.807, 2.05) is 0 Å². The highest BCUT2D eigenvalue weighted by molar-refractivity contribution is 4.96. The van der Waals surface area contributed by atoms with Crippen LogP contribution in [0.3, 0.4) is 0 Å². The highest BCUT2D eigenvalue weighted by Crippen LogP contribution is 2.04. The molecule has 0 aromatic heterocycles. The summed E-state index contributed by atoms with van der Waals surface area (Å²) in [4.78, 5) is 0. The lowest BCUT2D eigenvalue weighted by Gasteiger charge is -2.20. The molecule has 0 saturated carbocycles. The fourth-order valence-corrected chi connectivity index (χ4v) is 1.11. The van der Waals surface area contributed by atoms with Crippen molar-refractivity contribution in [3.8, 4) is 0 Å². The van der Waals surface area contributed by atoms with Gasteiger partial charge in [0.25, 0.3) is 0 Å². The molecule has 0 aliphatic rings. The molecule has 0 fully saturated rings. The maximum absolute atomic E-state index is 8.71. The maximum atomic E-state index is 8.71. The lowest BCUT2D eigenvalue weighted by Crippen LogP contribution is -2.32. The number of hydrazine groups is 1. The lowest BCUT2D eigenvalue weighted by atomic mass is 10.2. The molecule has 0 rings (SSSR count). The minimum atomic E-state index is 0.0878. The summed E-state index contributed by atoms with van der Waals surface area (Å²) in [6.07, 6.45) is 5.40. The normalized spacial score (nSPS) is 11.8. The van der Waals surface area contributed by atoms with Crippen LogP contribution >= 0.6 is 0 Å². The molecule has 0 aliphatic heterocycles. The molecule has 0 aliphatic carbocycles. The van der Waals surface area contributed by atoms with E-state index in [0.29, 0.717) is 6.42 Å². The Bertz CT molecular complexity index is 148. The van der Waals surface area contributed by atoms with E-state index in [4.69, 9.17) is 16.7 Å². The highest BCUT2D eigenvalue weighted by Gasteiger charge is 2.02. The van der Waals surface area contributed by atoms with Gasteiger partial charge in [0, 0.05) is 31.5 Å². The number of nitrogens with two attached hydrogens (primary N) is 2. The van der Waals surface area contributed by atoms with Crippen molar-refractivity contribution in [2.75, 3.05) is 13.2 Å². The first-order chi connectivity index (χ1) is 6.26. The summed E-state index contributed by atoms with van der Waals surface area (Å²) in [6, 6.07) is 0. The zero-order valence-corrected chi connectivity index (χ0v) is 8.37. The van der Waals surface area contributed by atoms with E-state index in [2.05, 4.69) is 6.92 Å². The molecule has 13 heavy (non-hydrogen) atoms. The van der Waals surface area contributed by atoms with E-state index in [1.165, 1.54) is 19.0 Å². The smallest absolute Gasteiger partial charge is 0.0486 e. The number of hydrogen-bond donors (Lipinski definition) is 3. The molecule has 0 spiro atoms. The Morgan fingerprint density at radius 2 is 2.15 bits per heavy atom. The minimum Gasteiger partial charge on any atom is -0.403 e. The van der Waals surface area contributed by atoms with Crippen LogP contribution in [-0.2, 0) is 0 Å². The van der Waals surface area contributed by atoms with Crippen LogP contribution in [-0.4, -0.2) is 23.3 Å². The van der Waals surface area contributed by atoms with Crippen molar-refractivity contribution < 1.29 is 5.11 Å². The molecule has 78 valence electrons. The third-order valence-corrected chi connectivity index (χ3v) is 1.93. The van der Waals surface area contributed by atoms with Gasteiger partial charge in [-0.25, -0.2) is 5.84 Å². The molecular weight excluding hydrogens is 166 g/mol. The average Bonchev–Trinajstić information content (AvgIpc) is 2.14. The topological polar surface area (TPSA) is 75.5 Å². The van der Waals surface area contributed by atoms with Crippen LogP contribution in [0.15, 0.2) is 11.9 Å². The van der Waals surface area contributed by atoms with E-state index in [1.54, 1.807) is 5.01 Å². The van der Waals surface area contributed by atoms with Crippen molar-refractivity contribution in [3.63, 3.8) is 0 Å². The number of aliphatic hydroxyl groups excluding tert-OH is 1. The van der Waals surface area contributed by atoms with Crippen molar-refractivity contribution in [2.45, 2.75) is 32.6 Å². The fourth-order valence-electron chi connectivity index (χ4n) is 1.11. The van der Waals surface area contributed by atoms with Gasteiger partial charge in [0.1, 0.15) is 0 Å². The van der Waals surface area contributed by atoms with Gasteiger partial charge in [0.05, 0.1) is 0 Å². The number of unbranched alkanes of at least 4 members (excludes halogenated alkanes) is 2. The lowest BCUT2D eigenvalue weighted by molar-refractivity contribution is 0.265. The standard InChI is InChI=1S/C9H21N3O/c1-2-3-4-6-12(11)9(8-10)5-7-13/h8,13H,2-7,10-11H2,1H3/b9-8-. The predicted octanol–water partition coefficient (Wildman–Crippen LogP) is 0.535. The average molecular weight is 187 g/mol. The molecule has 0 bridgehead atoms. The number of nitrogens with zero attached hydrogens (tertiary/aromatic N) is 1. The van der Waals surface area contributed by atoms with E-state index >= 15 is 0 Å². The summed E-state index contributed by atoms with van der Waals surface area (Å²) in [5.41, 5.74) is 6.17. The van der Waals surface area contributed by atoms with Gasteiger partial charge in [0.15, 0.2) is 0 Å². The zero-order chi connectivity index (χ0) is 10.1. The summed E-state index contributed by atoms with van der Waals surface area (Å²) in [5, 5.41) is 10.3. The predicted molar refractivity (Wildman–Crippen MR) is 54.4 cm³/mol. The van der Waals surface area contributed by atoms with Gasteiger partial charge in [0.2, 0.25) is 0 Å². The third-order valence-electron chi connectivity index (χ3n) is 1.93. The summed E-state index contributed by atoms with van der Waals surface area (Å²) < 4.78 is 0. The molecule has 0 aromatic rings. The van der Waals surface area contributed by atoms with E-state index < -0.39 is 0 Å². The van der Waals surface area contributed by atoms with E-state index in [0.717, 1.165) is 18.7 Å². The van der Waals surface area contributed by atoms with E-state index in [-0.39, 0.29) is 6.61 Å². The van der Waals surface area contributed by atoms with Crippen molar-refractivity contribution in [3.05, 3.63) is 11.9 Å². The van der Waals surface area contributed by atoms with Crippen molar-refractivity contribution >= 4 is 0 Å². The Balaban J connectivity index is 3.71. The van der Waals surface area contributed by atoms with Gasteiger partial charge in [-0.1, -0.05) is 19.8 Å². The third kappa shape index (κ3) is 5.49. The van der Waals surface area contributed by atoms with Crippen LogP contribution in [0.2, 0.25) is 0 Å². The van der Waals surface area contributed by atoms with Gasteiger partial charge < -0.3 is 15.8 Å². The van der Waals surface area contributed by atoms with E-state index in [9.17, 15) is 0 Å². The summed E-state index contributed by atoms with van der Waals surface area (Å²) in [6.45, 7) is 3.04. The maximum Gasteiger partial charge on any atom is 0.0486 e. The van der Waals surface area contributed by atoms with Gasteiger partial charge in [-0.3, -0.25) is 0 Å². The van der Waals surface area contributed by atoms with Gasteiger partial charge >= 0.3 is 0 Å². The summed E-state index contributed by atoms with van der Waals surface area (Å²) in [5.74, 6) is 5.73. The van der Waals surface area contributed by atoms with Crippen molar-refractivity contribution in [1.82, 2.24) is 5.01 Å². The summed E-state index contributed by atoms with van der Waals surface area (Å²) >= 11 is 0. The monoisotopic (exact) mass is 187 g/mol. The Morgan fingerprint density at radius 1 is 1.46 bits per heavy atom. The largest absolute Gasteiger partial charge is 0.403 e. The van der Waals surface area contributed by atoms with Crippen LogP contribution in [0.5, 0.6) is 0 Å². The first-order valence-corrected chi connectivity index (χ1v) is 4.80. The van der Waals surface area contributed by atoms with Crippen molar-refractivity contribution in [2.24, 2.45) is 11.6 Å². The molecular formula is C9H21N3O. The quantitative estimate of drug-likeness (QED) is 0.309. The molecule has 5 N–H and O–H groups in total. The Kier molecular flexibility index (Phi) is 7.44. The zero-order valence-electron chi connectivity index (χ0n) is 8.37. The molecule has 0 unspecified atom stereocenters. The van der Waals surface area contributed by atoms with Gasteiger partial charge in [-0.2, -0.15) is 0 Å². The van der Waals surface area contributed by atoms with Crippen molar-refractivity contribution in [1.29, 1.82) is 0 Å². The number of rotatable bonds is 7. The molecule has 0 radical (unpaired) electrons. The molecule has 0 atom stereocenters. The van der Waals surface area contributed by atoms with Crippen LogP contribution in [0.4, 0.5) is 0 Å². The first kappa shape index (κ1) is 12.3. The van der Waals surface area contributed by atoms with Gasteiger partial charge in [-0.15, -0.1) is 0 Å². The minimum absolute atomic E-state index is 0.0878. The number of aliphatic hydroxyl groups is 1. The molecule has 0 heterocycles.